The monoisotopic (exact) mass is 387 g/mol. The number of nitrogens with zero attached hydrogens (tertiary/aromatic N) is 2. The molecule has 2 aliphatic rings. The number of rotatable bonds is 5. The number of morpholine rings is 1. The third-order valence-electron chi connectivity index (χ3n) is 4.79. The van der Waals surface area contributed by atoms with Gasteiger partial charge in [0.2, 0.25) is 0 Å². The second kappa shape index (κ2) is 8.88. The summed E-state index contributed by atoms with van der Waals surface area (Å²) in [7, 11) is 0. The molecule has 1 saturated heterocycles. The lowest BCUT2D eigenvalue weighted by Gasteiger charge is -2.30. The minimum Gasteiger partial charge on any atom is -0.378 e. The van der Waals surface area contributed by atoms with Crippen molar-refractivity contribution in [3.8, 4) is 0 Å². The first-order chi connectivity index (χ1) is 12.9. The van der Waals surface area contributed by atoms with Crippen LogP contribution >= 0.6 is 0 Å². The molecule has 1 saturated carbocycles. The van der Waals surface area contributed by atoms with E-state index in [2.05, 4.69) is 15.2 Å². The van der Waals surface area contributed by atoms with Gasteiger partial charge >= 0.3 is 6.18 Å². The van der Waals surface area contributed by atoms with E-state index in [1.165, 1.54) is 6.20 Å². The number of halogens is 3. The lowest BCUT2D eigenvalue weighted by atomic mass is 9.92. The molecule has 0 spiro atoms. The number of anilines is 1. The molecule has 2 atom stereocenters. The van der Waals surface area contributed by atoms with E-state index in [1.54, 1.807) is 12.1 Å². The fourth-order valence-electron chi connectivity index (χ4n) is 3.41. The number of amides is 1. The molecule has 2 fully saturated rings. The summed E-state index contributed by atoms with van der Waals surface area (Å²) in [5.74, 6) is 0.533. The van der Waals surface area contributed by atoms with Crippen molar-refractivity contribution < 1.29 is 27.4 Å². The van der Waals surface area contributed by atoms with Gasteiger partial charge in [-0.25, -0.2) is 4.98 Å². The number of nitrogens with one attached hydrogen (secondary N) is 1. The van der Waals surface area contributed by atoms with E-state index in [0.717, 1.165) is 31.7 Å². The number of pyridine rings is 1. The van der Waals surface area contributed by atoms with Gasteiger partial charge in [0, 0.05) is 25.3 Å². The smallest absolute Gasteiger partial charge is 0.378 e. The molecule has 0 aromatic carbocycles. The number of carbonyl (C=O) groups is 1. The molecule has 2 heterocycles. The van der Waals surface area contributed by atoms with Gasteiger partial charge in [-0.2, -0.15) is 13.2 Å². The van der Waals surface area contributed by atoms with E-state index in [-0.39, 0.29) is 11.9 Å². The molecule has 1 aliphatic carbocycles. The minimum absolute atomic E-state index is 0.191. The molecule has 9 heteroatoms. The van der Waals surface area contributed by atoms with E-state index < -0.39 is 18.9 Å². The maximum Gasteiger partial charge on any atom is 0.411 e. The highest BCUT2D eigenvalue weighted by Crippen LogP contribution is 2.24. The van der Waals surface area contributed by atoms with Gasteiger partial charge in [0.05, 0.1) is 24.9 Å². The van der Waals surface area contributed by atoms with Crippen LogP contribution in [-0.2, 0) is 9.47 Å². The Morgan fingerprint density at radius 3 is 2.74 bits per heavy atom. The maximum absolute atomic E-state index is 12.4. The van der Waals surface area contributed by atoms with Crippen molar-refractivity contribution in [1.29, 1.82) is 0 Å². The molecule has 150 valence electrons. The highest BCUT2D eigenvalue weighted by molar-refractivity contribution is 5.94. The van der Waals surface area contributed by atoms with Gasteiger partial charge in [-0.15, -0.1) is 0 Å². The standard InChI is InChI=1S/C18H24F3N3O3/c19-18(20,21)12-27-15-3-1-2-14(10-15)23-17(25)13-4-5-16(22-11-13)24-6-8-26-9-7-24/h4-5,11,14-15H,1-3,6-10,12H2,(H,23,25)/t14-,15-/m1/s1. The third-order valence-corrected chi connectivity index (χ3v) is 4.79. The SMILES string of the molecule is O=C(N[C@@H]1CCC[C@@H](OCC(F)(F)F)C1)c1ccc(N2CCOCC2)nc1. The summed E-state index contributed by atoms with van der Waals surface area (Å²) >= 11 is 0. The average molecular weight is 387 g/mol. The Labute approximate surface area is 156 Å². The second-order valence-electron chi connectivity index (χ2n) is 6.89. The number of hydrogen-bond acceptors (Lipinski definition) is 5. The quantitative estimate of drug-likeness (QED) is 0.841. The number of aromatic nitrogens is 1. The van der Waals surface area contributed by atoms with Gasteiger partial charge in [-0.3, -0.25) is 4.79 Å². The molecule has 27 heavy (non-hydrogen) atoms. The second-order valence-corrected chi connectivity index (χ2v) is 6.89. The van der Waals surface area contributed by atoms with Gasteiger partial charge in [-0.1, -0.05) is 0 Å². The fourth-order valence-corrected chi connectivity index (χ4v) is 3.41. The Balaban J connectivity index is 1.50. The van der Waals surface area contributed by atoms with Crippen LogP contribution in [0.25, 0.3) is 0 Å². The normalized spacial score (nSPS) is 23.9. The molecule has 3 rings (SSSR count). The van der Waals surface area contributed by atoms with Crippen molar-refractivity contribution in [2.45, 2.75) is 44.0 Å². The highest BCUT2D eigenvalue weighted by Gasteiger charge is 2.31. The van der Waals surface area contributed by atoms with Gasteiger partial charge in [0.25, 0.3) is 5.91 Å². The Morgan fingerprint density at radius 2 is 2.07 bits per heavy atom. The third kappa shape index (κ3) is 6.07. The van der Waals surface area contributed by atoms with Gasteiger partial charge < -0.3 is 19.7 Å². The zero-order valence-electron chi connectivity index (χ0n) is 15.0. The zero-order valence-corrected chi connectivity index (χ0v) is 15.0. The number of carbonyl (C=O) groups excluding carboxylic acids is 1. The number of hydrogen-bond donors (Lipinski definition) is 1. The zero-order chi connectivity index (χ0) is 19.3. The van der Waals surface area contributed by atoms with Crippen LogP contribution in [0.15, 0.2) is 18.3 Å². The molecule has 1 aromatic rings. The van der Waals surface area contributed by atoms with Gasteiger partial charge in [-0.05, 0) is 37.8 Å². The van der Waals surface area contributed by atoms with Crippen LogP contribution in [0.1, 0.15) is 36.0 Å². The van der Waals surface area contributed by atoms with Crippen molar-refractivity contribution in [2.75, 3.05) is 37.8 Å². The molecule has 1 N–H and O–H groups in total. The molecule has 1 amide bonds. The minimum atomic E-state index is -4.33. The van der Waals surface area contributed by atoms with Crippen LogP contribution in [0.2, 0.25) is 0 Å². The largest absolute Gasteiger partial charge is 0.411 e. The molecular formula is C18H24F3N3O3. The van der Waals surface area contributed by atoms with Crippen LogP contribution < -0.4 is 10.2 Å². The summed E-state index contributed by atoms with van der Waals surface area (Å²) in [4.78, 5) is 18.9. The molecule has 1 aromatic heterocycles. The lowest BCUT2D eigenvalue weighted by Crippen LogP contribution is -2.41. The van der Waals surface area contributed by atoms with Crippen LogP contribution in [0.3, 0.4) is 0 Å². The van der Waals surface area contributed by atoms with E-state index in [9.17, 15) is 18.0 Å². The van der Waals surface area contributed by atoms with Crippen molar-refractivity contribution >= 4 is 11.7 Å². The summed E-state index contributed by atoms with van der Waals surface area (Å²) in [5, 5.41) is 2.89. The van der Waals surface area contributed by atoms with Crippen LogP contribution in [0, 0.1) is 0 Å². The first-order valence-electron chi connectivity index (χ1n) is 9.19. The predicted molar refractivity (Wildman–Crippen MR) is 92.8 cm³/mol. The number of alkyl halides is 3. The van der Waals surface area contributed by atoms with Gasteiger partial charge in [0.1, 0.15) is 12.4 Å². The van der Waals surface area contributed by atoms with Crippen molar-refractivity contribution in [2.24, 2.45) is 0 Å². The maximum atomic E-state index is 12.4. The lowest BCUT2D eigenvalue weighted by molar-refractivity contribution is -0.188. The molecule has 0 unspecified atom stereocenters. The highest BCUT2D eigenvalue weighted by atomic mass is 19.4. The summed E-state index contributed by atoms with van der Waals surface area (Å²) in [6.07, 6.45) is -0.852. The topological polar surface area (TPSA) is 63.7 Å². The molecule has 0 bridgehead atoms. The molecule has 0 radical (unpaired) electrons. The fraction of sp³-hybridized carbons (Fsp3) is 0.667. The molecule has 6 nitrogen and oxygen atoms in total. The van der Waals surface area contributed by atoms with Crippen molar-refractivity contribution in [3.63, 3.8) is 0 Å². The molecular weight excluding hydrogens is 363 g/mol. The summed E-state index contributed by atoms with van der Waals surface area (Å²) in [5.41, 5.74) is 0.436. The van der Waals surface area contributed by atoms with E-state index >= 15 is 0 Å². The Kier molecular flexibility index (Phi) is 6.54. The van der Waals surface area contributed by atoms with Crippen molar-refractivity contribution in [3.05, 3.63) is 23.9 Å². The van der Waals surface area contributed by atoms with Crippen LogP contribution in [0.5, 0.6) is 0 Å². The summed E-state index contributed by atoms with van der Waals surface area (Å²) in [6, 6.07) is 3.33. The van der Waals surface area contributed by atoms with Crippen LogP contribution in [0.4, 0.5) is 19.0 Å². The summed E-state index contributed by atoms with van der Waals surface area (Å²) in [6.45, 7) is 1.59. The summed E-state index contributed by atoms with van der Waals surface area (Å²) < 4.78 is 47.1. The Hall–Kier alpha value is -1.87. The molecule has 1 aliphatic heterocycles. The van der Waals surface area contributed by atoms with E-state index in [4.69, 9.17) is 9.47 Å². The van der Waals surface area contributed by atoms with Crippen LogP contribution in [-0.4, -0.2) is 62.1 Å². The van der Waals surface area contributed by atoms with E-state index in [1.807, 2.05) is 0 Å². The van der Waals surface area contributed by atoms with Crippen molar-refractivity contribution in [1.82, 2.24) is 10.3 Å². The first-order valence-corrected chi connectivity index (χ1v) is 9.19. The average Bonchev–Trinajstić information content (AvgIpc) is 2.67. The first kappa shape index (κ1) is 19.9. The van der Waals surface area contributed by atoms with Gasteiger partial charge in [0.15, 0.2) is 0 Å². The van der Waals surface area contributed by atoms with E-state index in [0.29, 0.717) is 31.6 Å². The predicted octanol–water partition coefficient (Wildman–Crippen LogP) is 2.54. The Morgan fingerprint density at radius 1 is 1.30 bits per heavy atom. The Bertz CT molecular complexity index is 619. The number of ether oxygens (including phenoxy) is 2.